The van der Waals surface area contributed by atoms with Crippen molar-refractivity contribution in [2.75, 3.05) is 6.54 Å². The third kappa shape index (κ3) is 12.3. The van der Waals surface area contributed by atoms with E-state index in [0.717, 1.165) is 17.7 Å². The summed E-state index contributed by atoms with van der Waals surface area (Å²) in [6, 6.07) is 25.5. The van der Waals surface area contributed by atoms with E-state index < -0.39 is 60.2 Å². The van der Waals surface area contributed by atoms with Crippen LogP contribution < -0.4 is 20.7 Å². The van der Waals surface area contributed by atoms with E-state index in [2.05, 4.69) is 16.0 Å². The molecular formula is C39H40F3N3O7. The maximum absolute atomic E-state index is 13.5. The zero-order valence-electron chi connectivity index (χ0n) is 28.6. The number of rotatable bonds is 16. The molecule has 0 fully saturated rings. The van der Waals surface area contributed by atoms with Crippen LogP contribution in [0.15, 0.2) is 109 Å². The number of Topliss-reactive ketones (excluding diaryl/α,β-unsaturated/α-hetero) is 1. The second kappa shape index (κ2) is 18.5. The molecule has 3 atom stereocenters. The van der Waals surface area contributed by atoms with Gasteiger partial charge in [0.05, 0.1) is 11.7 Å². The van der Waals surface area contributed by atoms with Gasteiger partial charge in [-0.25, -0.2) is 4.79 Å². The largest absolute Gasteiger partial charge is 0.457 e. The van der Waals surface area contributed by atoms with Crippen LogP contribution >= 0.6 is 0 Å². The second-order valence-electron chi connectivity index (χ2n) is 12.4. The molecule has 4 aromatic carbocycles. The Kier molecular flexibility index (Phi) is 13.9. The fraction of sp³-hybridized carbons (Fsp3) is 0.282. The fourth-order valence-corrected chi connectivity index (χ4v) is 5.15. The first-order valence-electron chi connectivity index (χ1n) is 16.5. The average Bonchev–Trinajstić information content (AvgIpc) is 3.12. The molecule has 1 unspecified atom stereocenters. The van der Waals surface area contributed by atoms with E-state index in [0.29, 0.717) is 5.56 Å². The minimum atomic E-state index is -4.56. The van der Waals surface area contributed by atoms with Crippen molar-refractivity contribution < 1.29 is 46.9 Å². The molecule has 13 heteroatoms. The number of benzene rings is 4. The lowest BCUT2D eigenvalue weighted by molar-refractivity contribution is -0.140. The molecule has 0 radical (unpaired) electrons. The first-order chi connectivity index (χ1) is 24.8. The number of alkyl halides is 3. The monoisotopic (exact) mass is 719 g/mol. The minimum absolute atomic E-state index is 0.0169. The van der Waals surface area contributed by atoms with Crippen LogP contribution in [-0.4, -0.2) is 47.4 Å². The second-order valence-corrected chi connectivity index (χ2v) is 12.4. The number of aliphatic hydroxyl groups is 1. The Morgan fingerprint density at radius 2 is 1.37 bits per heavy atom. The number of aliphatic hydroxyl groups excluding tert-OH is 1. The van der Waals surface area contributed by atoms with Crippen molar-refractivity contribution in [1.29, 1.82) is 0 Å². The lowest BCUT2D eigenvalue weighted by Gasteiger charge is -2.24. The summed E-state index contributed by atoms with van der Waals surface area (Å²) >= 11 is 0. The molecule has 0 saturated carbocycles. The van der Waals surface area contributed by atoms with Crippen LogP contribution in [0, 0.1) is 5.92 Å². The van der Waals surface area contributed by atoms with Crippen molar-refractivity contribution in [3.05, 3.63) is 131 Å². The van der Waals surface area contributed by atoms with Gasteiger partial charge in [0.2, 0.25) is 11.7 Å². The Bertz CT molecular complexity index is 1800. The maximum Gasteiger partial charge on any atom is 0.416 e. The summed E-state index contributed by atoms with van der Waals surface area (Å²) in [7, 11) is 0. The molecule has 4 N–H and O–H groups in total. The van der Waals surface area contributed by atoms with Crippen molar-refractivity contribution in [3.8, 4) is 11.5 Å². The number of amides is 3. The highest BCUT2D eigenvalue weighted by molar-refractivity contribution is 6.38. The highest BCUT2D eigenvalue weighted by atomic mass is 19.4. The van der Waals surface area contributed by atoms with Gasteiger partial charge >= 0.3 is 12.3 Å². The van der Waals surface area contributed by atoms with Gasteiger partial charge in [0.25, 0.3) is 5.91 Å². The highest BCUT2D eigenvalue weighted by Crippen LogP contribution is 2.33. The van der Waals surface area contributed by atoms with Gasteiger partial charge in [-0.05, 0) is 59.4 Å². The minimum Gasteiger partial charge on any atom is -0.457 e. The summed E-state index contributed by atoms with van der Waals surface area (Å²) in [5.41, 5.74) is 0.780. The first-order valence-corrected chi connectivity index (χ1v) is 16.5. The summed E-state index contributed by atoms with van der Waals surface area (Å²) in [5.74, 6) is -2.72. The summed E-state index contributed by atoms with van der Waals surface area (Å²) in [4.78, 5) is 52.8. The maximum atomic E-state index is 13.5. The molecule has 52 heavy (non-hydrogen) atoms. The van der Waals surface area contributed by atoms with Gasteiger partial charge in [-0.15, -0.1) is 0 Å². The Morgan fingerprint density at radius 1 is 0.750 bits per heavy atom. The fourth-order valence-electron chi connectivity index (χ4n) is 5.15. The van der Waals surface area contributed by atoms with E-state index in [1.54, 1.807) is 54.6 Å². The van der Waals surface area contributed by atoms with Crippen molar-refractivity contribution >= 4 is 23.7 Å². The molecule has 0 spiro atoms. The lowest BCUT2D eigenvalue weighted by Crippen LogP contribution is -2.55. The number of halogens is 3. The Morgan fingerprint density at radius 3 is 2.00 bits per heavy atom. The molecule has 0 saturated heterocycles. The van der Waals surface area contributed by atoms with Crippen LogP contribution in [0.4, 0.5) is 18.0 Å². The van der Waals surface area contributed by atoms with Gasteiger partial charge in [0.15, 0.2) is 0 Å². The predicted molar refractivity (Wildman–Crippen MR) is 186 cm³/mol. The van der Waals surface area contributed by atoms with Crippen LogP contribution in [-0.2, 0) is 38.3 Å². The molecule has 3 amide bonds. The molecule has 10 nitrogen and oxygen atoms in total. The standard InChI is InChI=1S/C39H40F3N3O7/c1-25(2)19-33(45-38(50)51-24-27-13-7-4-8-14-27)36(48)44-32(20-26-11-5-3-6-12-26)35(47)37(49)43-23-34(46)28-15-9-17-30(21-28)52-31-18-10-16-29(22-31)39(40,41)42/h3-18,21-22,25,32-34,46H,19-20,23-24H2,1-2H3,(H,43,49)(H,44,48)(H,45,50)/t32-,33-,34?/m0/s1. The number of ketones is 1. The van der Waals surface area contributed by atoms with E-state index >= 15 is 0 Å². The molecule has 274 valence electrons. The van der Waals surface area contributed by atoms with Gasteiger partial charge in [0, 0.05) is 13.0 Å². The van der Waals surface area contributed by atoms with Gasteiger partial charge < -0.3 is 30.5 Å². The van der Waals surface area contributed by atoms with Crippen molar-refractivity contribution in [1.82, 2.24) is 16.0 Å². The summed E-state index contributed by atoms with van der Waals surface area (Å²) in [6.45, 7) is 3.29. The molecule has 4 aromatic rings. The zero-order chi connectivity index (χ0) is 37.7. The molecule has 0 aliphatic heterocycles. The van der Waals surface area contributed by atoms with Gasteiger partial charge in [-0.1, -0.05) is 92.7 Å². The Labute approximate surface area is 299 Å². The SMILES string of the molecule is CC(C)C[C@H](NC(=O)OCc1ccccc1)C(=O)N[C@@H](Cc1ccccc1)C(=O)C(=O)NCC(O)c1cccc(Oc2cccc(C(F)(F)F)c2)c1. The van der Waals surface area contributed by atoms with Gasteiger partial charge in [-0.3, -0.25) is 14.4 Å². The molecule has 0 heterocycles. The number of ether oxygens (including phenoxy) is 2. The smallest absolute Gasteiger partial charge is 0.416 e. The van der Waals surface area contributed by atoms with Gasteiger partial charge in [0.1, 0.15) is 30.2 Å². The Balaban J connectivity index is 1.41. The van der Waals surface area contributed by atoms with E-state index in [1.807, 2.05) is 19.9 Å². The number of hydrogen-bond acceptors (Lipinski definition) is 7. The number of nitrogens with one attached hydrogen (secondary N) is 3. The Hall–Kier alpha value is -5.69. The number of carbonyl (C=O) groups excluding carboxylic acids is 4. The van der Waals surface area contributed by atoms with E-state index in [4.69, 9.17) is 9.47 Å². The number of hydrogen-bond donors (Lipinski definition) is 4. The number of carbonyl (C=O) groups is 4. The number of alkyl carbamates (subject to hydrolysis) is 1. The summed E-state index contributed by atoms with van der Waals surface area (Å²) in [6.07, 6.45) is -6.53. The highest BCUT2D eigenvalue weighted by Gasteiger charge is 2.32. The zero-order valence-corrected chi connectivity index (χ0v) is 28.6. The van der Waals surface area contributed by atoms with Gasteiger partial charge in [-0.2, -0.15) is 13.2 Å². The molecule has 0 aliphatic carbocycles. The van der Waals surface area contributed by atoms with E-state index in [1.165, 1.54) is 36.4 Å². The molecule has 4 rings (SSSR count). The molecular weight excluding hydrogens is 679 g/mol. The topological polar surface area (TPSA) is 143 Å². The summed E-state index contributed by atoms with van der Waals surface area (Å²) in [5, 5.41) is 18.4. The van der Waals surface area contributed by atoms with E-state index in [-0.39, 0.29) is 42.4 Å². The average molecular weight is 720 g/mol. The first kappa shape index (κ1) is 39.1. The van der Waals surface area contributed by atoms with Crippen LogP contribution in [0.5, 0.6) is 11.5 Å². The quantitative estimate of drug-likeness (QED) is 0.0998. The predicted octanol–water partition coefficient (Wildman–Crippen LogP) is 6.29. The van der Waals surface area contributed by atoms with Crippen molar-refractivity contribution in [2.24, 2.45) is 5.92 Å². The van der Waals surface area contributed by atoms with Crippen LogP contribution in [0.2, 0.25) is 0 Å². The summed E-state index contributed by atoms with van der Waals surface area (Å²) < 4.78 is 50.2. The van der Waals surface area contributed by atoms with Crippen LogP contribution in [0.25, 0.3) is 0 Å². The lowest BCUT2D eigenvalue weighted by atomic mass is 9.99. The third-order valence-corrected chi connectivity index (χ3v) is 7.76. The van der Waals surface area contributed by atoms with Crippen LogP contribution in [0.1, 0.15) is 48.6 Å². The molecule has 0 aromatic heterocycles. The molecule has 0 aliphatic rings. The normalized spacial score (nSPS) is 13.0. The molecule has 0 bridgehead atoms. The van der Waals surface area contributed by atoms with Crippen LogP contribution in [0.3, 0.4) is 0 Å². The van der Waals surface area contributed by atoms with Crippen molar-refractivity contribution in [2.45, 2.75) is 57.7 Å². The van der Waals surface area contributed by atoms with Crippen molar-refractivity contribution in [3.63, 3.8) is 0 Å². The van der Waals surface area contributed by atoms with E-state index in [9.17, 15) is 37.5 Å². The third-order valence-electron chi connectivity index (χ3n) is 7.76.